The Morgan fingerprint density at radius 3 is 2.29 bits per heavy atom. The van der Waals surface area contributed by atoms with Gasteiger partial charge in [0.2, 0.25) is 0 Å². The first kappa shape index (κ1) is 13.6. The fraction of sp³-hybridized carbons (Fsp3) is 0.250. The molecule has 3 nitrogen and oxygen atoms in total. The molecular weight excluding hydrogens is 273 g/mol. The number of nitrogens with zero attached hydrogens (tertiary/aromatic N) is 1. The number of carboxylic acid groups (broad SMARTS) is 1. The van der Waals surface area contributed by atoms with Crippen LogP contribution in [0.3, 0.4) is 0 Å². The number of rotatable bonds is 2. The van der Waals surface area contributed by atoms with E-state index in [9.17, 15) is 26.7 Å². The van der Waals surface area contributed by atoms with Crippen LogP contribution < -0.4 is 0 Å². The predicted octanol–water partition coefficient (Wildman–Crippen LogP) is 3.39. The van der Waals surface area contributed by atoms with E-state index in [1.807, 2.05) is 0 Å². The number of pyridine rings is 1. The van der Waals surface area contributed by atoms with Crippen molar-refractivity contribution < 1.29 is 31.9 Å². The van der Waals surface area contributed by atoms with Gasteiger partial charge >= 0.3 is 12.1 Å². The van der Waals surface area contributed by atoms with Crippen LogP contribution in [0.1, 0.15) is 28.0 Å². The summed E-state index contributed by atoms with van der Waals surface area (Å²) in [6.45, 7) is 0. The van der Waals surface area contributed by atoms with Gasteiger partial charge in [0.05, 0.1) is 11.1 Å². The Kier molecular flexibility index (Phi) is 3.56. The number of carboxylic acids is 1. The highest BCUT2D eigenvalue weighted by Gasteiger charge is 2.38. The predicted molar refractivity (Wildman–Crippen MR) is 46.2 cm³/mol. The molecule has 0 aromatic carbocycles. The van der Waals surface area contributed by atoms with Gasteiger partial charge in [-0.05, 0) is 6.07 Å². The Labute approximate surface area is 95.8 Å². The van der Waals surface area contributed by atoms with E-state index in [4.69, 9.17) is 16.7 Å². The molecule has 0 bridgehead atoms. The van der Waals surface area contributed by atoms with Gasteiger partial charge in [-0.25, -0.2) is 18.6 Å². The zero-order chi connectivity index (χ0) is 13.4. The third-order valence-corrected chi connectivity index (χ3v) is 2.04. The normalized spacial score (nSPS) is 11.9. The summed E-state index contributed by atoms with van der Waals surface area (Å²) in [6.07, 6.45) is -8.64. The van der Waals surface area contributed by atoms with Crippen LogP contribution in [-0.4, -0.2) is 16.1 Å². The molecule has 0 radical (unpaired) electrons. The van der Waals surface area contributed by atoms with E-state index >= 15 is 0 Å². The van der Waals surface area contributed by atoms with Gasteiger partial charge in [-0.15, -0.1) is 0 Å². The lowest BCUT2D eigenvalue weighted by Gasteiger charge is -2.13. The number of halogens is 6. The molecule has 0 saturated carbocycles. The zero-order valence-corrected chi connectivity index (χ0v) is 8.48. The summed E-state index contributed by atoms with van der Waals surface area (Å²) in [5, 5.41) is 7.28. The van der Waals surface area contributed by atoms with Crippen molar-refractivity contribution in [3.8, 4) is 0 Å². The molecule has 1 rings (SSSR count). The van der Waals surface area contributed by atoms with E-state index in [0.29, 0.717) is 0 Å². The maximum atomic E-state index is 12.4. The molecule has 0 amide bonds. The lowest BCUT2D eigenvalue weighted by molar-refractivity contribution is -0.139. The first-order valence-corrected chi connectivity index (χ1v) is 4.31. The summed E-state index contributed by atoms with van der Waals surface area (Å²) in [5.41, 5.74) is -4.37. The van der Waals surface area contributed by atoms with Crippen molar-refractivity contribution in [1.82, 2.24) is 4.98 Å². The van der Waals surface area contributed by atoms with Crippen molar-refractivity contribution in [2.24, 2.45) is 0 Å². The van der Waals surface area contributed by atoms with Crippen LogP contribution in [0.25, 0.3) is 0 Å². The highest BCUT2D eigenvalue weighted by molar-refractivity contribution is 6.30. The van der Waals surface area contributed by atoms with Gasteiger partial charge in [0, 0.05) is 0 Å². The fourth-order valence-corrected chi connectivity index (χ4v) is 1.35. The van der Waals surface area contributed by atoms with Gasteiger partial charge in [0.15, 0.2) is 5.69 Å². The molecule has 0 aliphatic rings. The summed E-state index contributed by atoms with van der Waals surface area (Å²) >= 11 is 5.13. The summed E-state index contributed by atoms with van der Waals surface area (Å²) < 4.78 is 62.0. The lowest BCUT2D eigenvalue weighted by atomic mass is 10.1. The first-order chi connectivity index (χ1) is 7.64. The van der Waals surface area contributed by atoms with Crippen molar-refractivity contribution in [3.63, 3.8) is 0 Å². The molecule has 0 aliphatic heterocycles. The van der Waals surface area contributed by atoms with E-state index in [1.54, 1.807) is 0 Å². The highest BCUT2D eigenvalue weighted by Crippen LogP contribution is 2.39. The van der Waals surface area contributed by atoms with Crippen molar-refractivity contribution in [2.75, 3.05) is 0 Å². The molecule has 0 fully saturated rings. The first-order valence-electron chi connectivity index (χ1n) is 3.93. The molecule has 0 spiro atoms. The Balaban J connectivity index is 3.57. The Hall–Kier alpha value is -1.44. The second kappa shape index (κ2) is 4.44. The molecule has 0 saturated heterocycles. The summed E-state index contributed by atoms with van der Waals surface area (Å²) in [4.78, 5) is 13.4. The van der Waals surface area contributed by atoms with Crippen LogP contribution in [0.5, 0.6) is 0 Å². The molecule has 0 unspecified atom stereocenters. The topological polar surface area (TPSA) is 50.2 Å². The van der Waals surface area contributed by atoms with Crippen LogP contribution >= 0.6 is 11.6 Å². The monoisotopic (exact) mass is 275 g/mol. The maximum absolute atomic E-state index is 12.4. The minimum Gasteiger partial charge on any atom is -0.477 e. The second-order valence-electron chi connectivity index (χ2n) is 2.86. The molecule has 1 heterocycles. The number of hydrogen-bond acceptors (Lipinski definition) is 2. The van der Waals surface area contributed by atoms with Crippen LogP contribution in [0.4, 0.5) is 22.0 Å². The molecule has 94 valence electrons. The smallest absolute Gasteiger partial charge is 0.417 e. The van der Waals surface area contributed by atoms with Crippen molar-refractivity contribution in [2.45, 2.75) is 12.6 Å². The van der Waals surface area contributed by atoms with Crippen LogP contribution in [0.2, 0.25) is 5.15 Å². The molecule has 17 heavy (non-hydrogen) atoms. The number of alkyl halides is 5. The van der Waals surface area contributed by atoms with E-state index in [0.717, 1.165) is 0 Å². The van der Waals surface area contributed by atoms with Crippen molar-refractivity contribution in [1.29, 1.82) is 0 Å². The van der Waals surface area contributed by atoms with Gasteiger partial charge in [0.25, 0.3) is 6.43 Å². The molecular formula is C8H3ClF5NO2. The third kappa shape index (κ3) is 2.82. The van der Waals surface area contributed by atoms with Gasteiger partial charge in [-0.1, -0.05) is 11.6 Å². The lowest BCUT2D eigenvalue weighted by Crippen LogP contribution is -2.14. The number of aromatic carboxylic acids is 1. The van der Waals surface area contributed by atoms with Gasteiger partial charge in [-0.3, -0.25) is 0 Å². The largest absolute Gasteiger partial charge is 0.477 e. The SMILES string of the molecule is O=C(O)c1cc(C(F)(F)F)c(C(F)F)c(Cl)n1. The molecule has 1 aromatic rings. The molecule has 9 heteroatoms. The quantitative estimate of drug-likeness (QED) is 0.665. The van der Waals surface area contributed by atoms with E-state index < -0.39 is 40.5 Å². The Morgan fingerprint density at radius 1 is 1.41 bits per heavy atom. The fourth-order valence-electron chi connectivity index (χ4n) is 1.08. The Morgan fingerprint density at radius 2 is 1.94 bits per heavy atom. The molecule has 1 aromatic heterocycles. The minimum atomic E-state index is -5.14. The minimum absolute atomic E-state index is 0.0235. The van der Waals surface area contributed by atoms with E-state index in [1.165, 1.54) is 0 Å². The maximum Gasteiger partial charge on any atom is 0.417 e. The van der Waals surface area contributed by atoms with Gasteiger partial charge < -0.3 is 5.11 Å². The average molecular weight is 276 g/mol. The van der Waals surface area contributed by atoms with Crippen molar-refractivity contribution >= 4 is 17.6 Å². The molecule has 1 N–H and O–H groups in total. The average Bonchev–Trinajstić information content (AvgIpc) is 2.14. The van der Waals surface area contributed by atoms with Crippen LogP contribution in [0, 0.1) is 0 Å². The van der Waals surface area contributed by atoms with Gasteiger partial charge in [-0.2, -0.15) is 13.2 Å². The number of aromatic nitrogens is 1. The summed E-state index contributed by atoms with van der Waals surface area (Å²) in [6, 6.07) is 0.0235. The van der Waals surface area contributed by atoms with E-state index in [2.05, 4.69) is 4.98 Å². The second-order valence-corrected chi connectivity index (χ2v) is 3.22. The van der Waals surface area contributed by atoms with E-state index in [-0.39, 0.29) is 6.07 Å². The van der Waals surface area contributed by atoms with Crippen LogP contribution in [-0.2, 0) is 6.18 Å². The molecule has 0 aliphatic carbocycles. The third-order valence-electron chi connectivity index (χ3n) is 1.75. The highest BCUT2D eigenvalue weighted by atomic mass is 35.5. The standard InChI is InChI=1S/C8H3ClF5NO2/c9-5-4(6(10)11)2(8(12,13)14)1-3(15-5)7(16)17/h1,6H,(H,16,17). The zero-order valence-electron chi connectivity index (χ0n) is 7.73. The van der Waals surface area contributed by atoms with Gasteiger partial charge in [0.1, 0.15) is 5.15 Å². The molecule has 0 atom stereocenters. The Bertz CT molecular complexity index is 460. The number of hydrogen-bond donors (Lipinski definition) is 1. The number of carbonyl (C=O) groups is 1. The van der Waals surface area contributed by atoms with Crippen LogP contribution in [0.15, 0.2) is 6.07 Å². The van der Waals surface area contributed by atoms with Crippen molar-refractivity contribution in [3.05, 3.63) is 28.0 Å². The summed E-state index contributed by atoms with van der Waals surface area (Å²) in [7, 11) is 0. The summed E-state index contributed by atoms with van der Waals surface area (Å²) in [5.74, 6) is -1.79.